The van der Waals surface area contributed by atoms with Crippen LogP contribution in [0.25, 0.3) is 22.6 Å². The van der Waals surface area contributed by atoms with Crippen LogP contribution in [0.2, 0.25) is 0 Å². The minimum absolute atomic E-state index is 0.140. The largest absolute Gasteiger partial charge is 0.506 e. The SMILES string of the molecule is O=C1C(C2=C(O)c3cccc(-c4ccccc4)c3C2=O)=C(O)c2ccccc21. The molecule has 0 amide bonds. The minimum Gasteiger partial charge on any atom is -0.506 e. The number of aliphatic hydroxyl groups excluding tert-OH is 2. The second kappa shape index (κ2) is 5.79. The maximum absolute atomic E-state index is 13.3. The monoisotopic (exact) mass is 366 g/mol. The summed E-state index contributed by atoms with van der Waals surface area (Å²) in [6, 6.07) is 21.2. The van der Waals surface area contributed by atoms with E-state index in [9.17, 15) is 19.8 Å². The van der Waals surface area contributed by atoms with Gasteiger partial charge in [-0.3, -0.25) is 9.59 Å². The first-order valence-electron chi connectivity index (χ1n) is 8.84. The Labute approximate surface area is 160 Å². The first kappa shape index (κ1) is 16.3. The molecule has 3 aromatic carbocycles. The van der Waals surface area contributed by atoms with E-state index in [0.29, 0.717) is 27.8 Å². The summed E-state index contributed by atoms with van der Waals surface area (Å²) in [5.41, 5.74) is 2.62. The maximum Gasteiger partial charge on any atom is 0.199 e. The van der Waals surface area contributed by atoms with Crippen LogP contribution in [0.1, 0.15) is 31.8 Å². The molecule has 2 N–H and O–H groups in total. The third-order valence-corrected chi connectivity index (χ3v) is 5.24. The molecule has 0 saturated heterocycles. The third kappa shape index (κ3) is 2.06. The predicted octanol–water partition coefficient (Wildman–Crippen LogP) is 4.98. The number of hydrogen-bond acceptors (Lipinski definition) is 4. The summed E-state index contributed by atoms with van der Waals surface area (Å²) < 4.78 is 0. The van der Waals surface area contributed by atoms with Crippen LogP contribution in [0.3, 0.4) is 0 Å². The van der Waals surface area contributed by atoms with Crippen molar-refractivity contribution in [2.75, 3.05) is 0 Å². The fourth-order valence-electron chi connectivity index (χ4n) is 3.95. The zero-order chi connectivity index (χ0) is 19.4. The first-order valence-corrected chi connectivity index (χ1v) is 8.84. The number of carbonyl (C=O) groups excluding carboxylic acids is 2. The van der Waals surface area contributed by atoms with E-state index in [2.05, 4.69) is 0 Å². The molecule has 4 heteroatoms. The van der Waals surface area contributed by atoms with Gasteiger partial charge in [-0.05, 0) is 11.1 Å². The summed E-state index contributed by atoms with van der Waals surface area (Å²) in [5.74, 6) is -1.48. The summed E-state index contributed by atoms with van der Waals surface area (Å²) in [6.45, 7) is 0. The van der Waals surface area contributed by atoms with Gasteiger partial charge in [0.25, 0.3) is 0 Å². The number of aliphatic hydroxyl groups is 2. The van der Waals surface area contributed by atoms with Crippen molar-refractivity contribution in [3.63, 3.8) is 0 Å². The van der Waals surface area contributed by atoms with Crippen molar-refractivity contribution in [3.8, 4) is 11.1 Å². The molecule has 0 aromatic heterocycles. The van der Waals surface area contributed by atoms with Crippen molar-refractivity contribution in [1.82, 2.24) is 0 Å². The second-order valence-electron chi connectivity index (χ2n) is 6.75. The Morgan fingerprint density at radius 2 is 1.04 bits per heavy atom. The fraction of sp³-hybridized carbons (Fsp3) is 0. The minimum atomic E-state index is -0.463. The molecule has 4 nitrogen and oxygen atoms in total. The lowest BCUT2D eigenvalue weighted by Crippen LogP contribution is -2.09. The number of carbonyl (C=O) groups is 2. The molecule has 0 spiro atoms. The van der Waals surface area contributed by atoms with Crippen molar-refractivity contribution >= 4 is 23.1 Å². The lowest BCUT2D eigenvalue weighted by atomic mass is 9.93. The molecule has 0 fully saturated rings. The van der Waals surface area contributed by atoms with E-state index in [1.165, 1.54) is 0 Å². The van der Waals surface area contributed by atoms with Crippen molar-refractivity contribution < 1.29 is 19.8 Å². The van der Waals surface area contributed by atoms with E-state index in [0.717, 1.165) is 5.56 Å². The van der Waals surface area contributed by atoms with Gasteiger partial charge in [-0.25, -0.2) is 0 Å². The van der Waals surface area contributed by atoms with E-state index >= 15 is 0 Å². The third-order valence-electron chi connectivity index (χ3n) is 5.24. The van der Waals surface area contributed by atoms with Crippen LogP contribution in [0.5, 0.6) is 0 Å². The molecular weight excluding hydrogens is 352 g/mol. The topological polar surface area (TPSA) is 74.6 Å². The lowest BCUT2D eigenvalue weighted by molar-refractivity contribution is 0.100. The highest BCUT2D eigenvalue weighted by atomic mass is 16.3. The molecular formula is C24H14O4. The van der Waals surface area contributed by atoms with E-state index in [-0.39, 0.29) is 22.7 Å². The van der Waals surface area contributed by atoms with E-state index in [4.69, 9.17) is 0 Å². The molecule has 0 bridgehead atoms. The van der Waals surface area contributed by atoms with Gasteiger partial charge in [0, 0.05) is 22.3 Å². The van der Waals surface area contributed by atoms with Crippen LogP contribution in [0, 0.1) is 0 Å². The highest BCUT2D eigenvalue weighted by molar-refractivity contribution is 6.34. The Bertz CT molecular complexity index is 1250. The van der Waals surface area contributed by atoms with Gasteiger partial charge in [-0.1, -0.05) is 72.8 Å². The zero-order valence-electron chi connectivity index (χ0n) is 14.6. The predicted molar refractivity (Wildman–Crippen MR) is 106 cm³/mol. The molecule has 3 aromatic rings. The Kier molecular flexibility index (Phi) is 3.36. The Morgan fingerprint density at radius 1 is 0.500 bits per heavy atom. The Morgan fingerprint density at radius 3 is 1.75 bits per heavy atom. The van der Waals surface area contributed by atoms with Crippen molar-refractivity contribution in [2.24, 2.45) is 0 Å². The maximum atomic E-state index is 13.3. The smallest absolute Gasteiger partial charge is 0.199 e. The van der Waals surface area contributed by atoms with Gasteiger partial charge in [0.1, 0.15) is 11.5 Å². The molecule has 0 heterocycles. The molecule has 0 atom stereocenters. The number of benzene rings is 3. The molecule has 5 rings (SSSR count). The van der Waals surface area contributed by atoms with Gasteiger partial charge in [0.2, 0.25) is 0 Å². The van der Waals surface area contributed by atoms with Crippen LogP contribution in [0.4, 0.5) is 0 Å². The molecule has 0 saturated carbocycles. The van der Waals surface area contributed by atoms with Gasteiger partial charge in [0.15, 0.2) is 11.6 Å². The average Bonchev–Trinajstić information content (AvgIpc) is 3.13. The van der Waals surface area contributed by atoms with Crippen LogP contribution in [0.15, 0.2) is 83.9 Å². The number of allylic oxidation sites excluding steroid dienone is 2. The number of Topliss-reactive ketones (excluding diaryl/α,β-unsaturated/α-hetero) is 2. The molecule has 0 radical (unpaired) electrons. The molecule has 2 aliphatic carbocycles. The Balaban J connectivity index is 1.71. The zero-order valence-corrected chi connectivity index (χ0v) is 14.6. The van der Waals surface area contributed by atoms with Gasteiger partial charge < -0.3 is 10.2 Å². The summed E-state index contributed by atoms with van der Waals surface area (Å²) in [7, 11) is 0. The first-order chi connectivity index (χ1) is 13.6. The van der Waals surface area contributed by atoms with Crippen molar-refractivity contribution in [2.45, 2.75) is 0 Å². The lowest BCUT2D eigenvalue weighted by Gasteiger charge is -2.08. The highest BCUT2D eigenvalue weighted by Crippen LogP contribution is 2.44. The van der Waals surface area contributed by atoms with Crippen molar-refractivity contribution in [1.29, 1.82) is 0 Å². The average molecular weight is 366 g/mol. The number of hydrogen-bond donors (Lipinski definition) is 2. The van der Waals surface area contributed by atoms with Gasteiger partial charge >= 0.3 is 0 Å². The quantitative estimate of drug-likeness (QED) is 0.670. The van der Waals surface area contributed by atoms with E-state index in [1.807, 2.05) is 36.4 Å². The Hall–Kier alpha value is -3.92. The molecule has 0 unspecified atom stereocenters. The molecule has 28 heavy (non-hydrogen) atoms. The number of rotatable bonds is 2. The van der Waals surface area contributed by atoms with Gasteiger partial charge in [-0.2, -0.15) is 0 Å². The second-order valence-corrected chi connectivity index (χ2v) is 6.75. The molecule has 134 valence electrons. The summed E-state index contributed by atoms with van der Waals surface area (Å²) in [6.07, 6.45) is 0. The van der Waals surface area contributed by atoms with Crippen LogP contribution >= 0.6 is 0 Å². The molecule has 2 aliphatic rings. The number of fused-ring (bicyclic) bond motifs is 2. The van der Waals surface area contributed by atoms with Crippen LogP contribution < -0.4 is 0 Å². The fourth-order valence-corrected chi connectivity index (χ4v) is 3.95. The standard InChI is InChI=1S/C24H14O4/c25-21-15-9-4-5-10-16(15)22(26)19(21)20-23(27)17-12-6-11-14(18(17)24(20)28)13-7-2-1-3-8-13/h1-12,25,27H. The van der Waals surface area contributed by atoms with Crippen LogP contribution in [-0.4, -0.2) is 21.8 Å². The number of ketones is 2. The summed E-state index contributed by atoms with van der Waals surface area (Å²) >= 11 is 0. The highest BCUT2D eigenvalue weighted by Gasteiger charge is 2.41. The summed E-state index contributed by atoms with van der Waals surface area (Å²) in [4.78, 5) is 26.2. The van der Waals surface area contributed by atoms with E-state index in [1.54, 1.807) is 36.4 Å². The van der Waals surface area contributed by atoms with Gasteiger partial charge in [-0.15, -0.1) is 0 Å². The normalized spacial score (nSPS) is 15.3. The van der Waals surface area contributed by atoms with Gasteiger partial charge in [0.05, 0.1) is 11.1 Å². The van der Waals surface area contributed by atoms with Crippen LogP contribution in [-0.2, 0) is 0 Å². The molecule has 0 aliphatic heterocycles. The summed E-state index contributed by atoms with van der Waals surface area (Å²) in [5, 5.41) is 21.5. The van der Waals surface area contributed by atoms with E-state index < -0.39 is 11.6 Å². The van der Waals surface area contributed by atoms with Crippen molar-refractivity contribution in [3.05, 3.63) is 106 Å².